The Kier molecular flexibility index (Phi) is 6.16. The smallest absolute Gasteiger partial charge is 0.234 e. The van der Waals surface area contributed by atoms with Gasteiger partial charge in [-0.3, -0.25) is 9.36 Å². The first kappa shape index (κ1) is 18.7. The fourth-order valence-corrected chi connectivity index (χ4v) is 3.83. The Balaban J connectivity index is 1.62. The van der Waals surface area contributed by atoms with Crippen molar-refractivity contribution in [1.82, 2.24) is 14.8 Å². The number of morpholine rings is 1. The summed E-state index contributed by atoms with van der Waals surface area (Å²) in [7, 11) is 0. The first-order valence-electron chi connectivity index (χ1n) is 8.83. The topological polar surface area (TPSA) is 72.3 Å². The molecule has 0 spiro atoms. The molecule has 0 saturated carbocycles. The lowest BCUT2D eigenvalue weighted by atomic mass is 10.1. The summed E-state index contributed by atoms with van der Waals surface area (Å²) >= 11 is 1.41. The normalized spacial score (nSPS) is 14.5. The molecule has 1 saturated heterocycles. The monoisotopic (exact) mass is 375 g/mol. The van der Waals surface area contributed by atoms with Crippen molar-refractivity contribution in [3.8, 4) is 0 Å². The third-order valence-corrected chi connectivity index (χ3v) is 5.11. The average Bonchev–Trinajstić information content (AvgIpc) is 3.02. The van der Waals surface area contributed by atoms with Crippen molar-refractivity contribution in [3.63, 3.8) is 0 Å². The number of amides is 1. The predicted molar refractivity (Wildman–Crippen MR) is 104 cm³/mol. The standard InChI is InChI=1S/C18H25N5O2S/c1-4-23-17(22-5-7-25-8-6-22)20-21-18(23)26-12-16(24)19-15-10-13(2)9-14(3)11-15/h9-11H,4-8,12H2,1-3H3,(H,19,24). The zero-order valence-electron chi connectivity index (χ0n) is 15.5. The summed E-state index contributed by atoms with van der Waals surface area (Å²) in [6, 6.07) is 6.03. The van der Waals surface area contributed by atoms with Gasteiger partial charge in [-0.2, -0.15) is 0 Å². The zero-order chi connectivity index (χ0) is 18.5. The van der Waals surface area contributed by atoms with Crippen molar-refractivity contribution in [1.29, 1.82) is 0 Å². The number of nitrogens with zero attached hydrogens (tertiary/aromatic N) is 4. The highest BCUT2D eigenvalue weighted by molar-refractivity contribution is 7.99. The first-order chi connectivity index (χ1) is 12.6. The molecule has 26 heavy (non-hydrogen) atoms. The molecule has 1 aliphatic rings. The minimum absolute atomic E-state index is 0.0430. The third-order valence-electron chi connectivity index (χ3n) is 4.15. The molecule has 2 heterocycles. The fourth-order valence-electron chi connectivity index (χ4n) is 3.04. The maximum absolute atomic E-state index is 12.3. The van der Waals surface area contributed by atoms with Crippen LogP contribution in [0.3, 0.4) is 0 Å². The van der Waals surface area contributed by atoms with Crippen molar-refractivity contribution in [3.05, 3.63) is 29.3 Å². The molecule has 0 aliphatic carbocycles. The number of nitrogens with one attached hydrogen (secondary N) is 1. The van der Waals surface area contributed by atoms with Crippen LogP contribution in [0.2, 0.25) is 0 Å². The van der Waals surface area contributed by atoms with Crippen molar-refractivity contribution >= 4 is 29.3 Å². The second-order valence-electron chi connectivity index (χ2n) is 6.34. The summed E-state index contributed by atoms with van der Waals surface area (Å²) in [4.78, 5) is 14.5. The Bertz CT molecular complexity index is 751. The number of aromatic nitrogens is 3. The quantitative estimate of drug-likeness (QED) is 0.782. The van der Waals surface area contributed by atoms with Crippen LogP contribution in [0.5, 0.6) is 0 Å². The molecule has 1 aliphatic heterocycles. The molecule has 0 radical (unpaired) electrons. The van der Waals surface area contributed by atoms with Crippen LogP contribution in [0, 0.1) is 13.8 Å². The van der Waals surface area contributed by atoms with E-state index in [9.17, 15) is 4.79 Å². The van der Waals surface area contributed by atoms with Crippen LogP contribution in [0.4, 0.5) is 11.6 Å². The molecular weight excluding hydrogens is 350 g/mol. The summed E-state index contributed by atoms with van der Waals surface area (Å²) in [5.74, 6) is 1.11. The van der Waals surface area contributed by atoms with Gasteiger partial charge in [0.2, 0.25) is 11.9 Å². The van der Waals surface area contributed by atoms with Gasteiger partial charge < -0.3 is 15.0 Å². The van der Waals surface area contributed by atoms with E-state index in [2.05, 4.69) is 38.0 Å². The van der Waals surface area contributed by atoms with E-state index >= 15 is 0 Å². The van der Waals surface area contributed by atoms with Gasteiger partial charge in [-0.25, -0.2) is 0 Å². The van der Waals surface area contributed by atoms with Gasteiger partial charge >= 0.3 is 0 Å². The second-order valence-corrected chi connectivity index (χ2v) is 7.28. The molecule has 1 aromatic carbocycles. The molecule has 1 amide bonds. The van der Waals surface area contributed by atoms with E-state index in [1.54, 1.807) is 0 Å². The van der Waals surface area contributed by atoms with Gasteiger partial charge in [0.25, 0.3) is 0 Å². The maximum atomic E-state index is 12.3. The Morgan fingerprint density at radius 2 is 1.88 bits per heavy atom. The molecule has 0 bridgehead atoms. The number of hydrogen-bond donors (Lipinski definition) is 1. The Labute approximate surface area is 158 Å². The minimum atomic E-state index is -0.0430. The lowest BCUT2D eigenvalue weighted by molar-refractivity contribution is -0.113. The molecule has 1 fully saturated rings. The average molecular weight is 375 g/mol. The summed E-state index contributed by atoms with van der Waals surface area (Å²) in [6.07, 6.45) is 0. The largest absolute Gasteiger partial charge is 0.378 e. The summed E-state index contributed by atoms with van der Waals surface area (Å²) < 4.78 is 7.45. The van der Waals surface area contributed by atoms with Gasteiger partial charge in [0.1, 0.15) is 0 Å². The highest BCUT2D eigenvalue weighted by Crippen LogP contribution is 2.23. The van der Waals surface area contributed by atoms with Crippen LogP contribution in [0.15, 0.2) is 23.4 Å². The van der Waals surface area contributed by atoms with Gasteiger partial charge in [0, 0.05) is 25.3 Å². The Hall–Kier alpha value is -2.06. The van der Waals surface area contributed by atoms with Gasteiger partial charge in [-0.1, -0.05) is 17.8 Å². The maximum Gasteiger partial charge on any atom is 0.234 e. The van der Waals surface area contributed by atoms with Crippen LogP contribution in [0.25, 0.3) is 0 Å². The van der Waals surface area contributed by atoms with Crippen molar-refractivity contribution in [2.45, 2.75) is 32.5 Å². The number of anilines is 2. The number of ether oxygens (including phenoxy) is 1. The summed E-state index contributed by atoms with van der Waals surface area (Å²) in [5, 5.41) is 12.3. The Morgan fingerprint density at radius 1 is 1.19 bits per heavy atom. The molecule has 1 aromatic heterocycles. The molecule has 1 N–H and O–H groups in total. The number of hydrogen-bond acceptors (Lipinski definition) is 6. The van der Waals surface area contributed by atoms with Gasteiger partial charge in [0.05, 0.1) is 19.0 Å². The first-order valence-corrected chi connectivity index (χ1v) is 9.82. The van der Waals surface area contributed by atoms with Gasteiger partial charge in [-0.15, -0.1) is 10.2 Å². The molecule has 7 nitrogen and oxygen atoms in total. The SMILES string of the molecule is CCn1c(SCC(=O)Nc2cc(C)cc(C)c2)nnc1N1CCOCC1. The second kappa shape index (κ2) is 8.55. The number of carbonyl (C=O) groups excluding carboxylic acids is 1. The van der Waals surface area contributed by atoms with Crippen molar-refractivity contribution in [2.75, 3.05) is 42.3 Å². The third kappa shape index (κ3) is 4.56. The minimum Gasteiger partial charge on any atom is -0.378 e. The van der Waals surface area contributed by atoms with E-state index in [0.717, 1.165) is 47.6 Å². The van der Waals surface area contributed by atoms with Crippen LogP contribution in [-0.4, -0.2) is 52.7 Å². The van der Waals surface area contributed by atoms with Crippen LogP contribution in [-0.2, 0) is 16.1 Å². The Morgan fingerprint density at radius 3 is 2.54 bits per heavy atom. The number of aryl methyl sites for hydroxylation is 2. The molecular formula is C18H25N5O2S. The summed E-state index contributed by atoms with van der Waals surface area (Å²) in [5.41, 5.74) is 3.10. The number of carbonyl (C=O) groups is 1. The molecule has 0 unspecified atom stereocenters. The number of rotatable bonds is 6. The highest BCUT2D eigenvalue weighted by atomic mass is 32.2. The van der Waals surface area contributed by atoms with Crippen molar-refractivity contribution in [2.24, 2.45) is 0 Å². The lowest BCUT2D eigenvalue weighted by Crippen LogP contribution is -2.38. The van der Waals surface area contributed by atoms with E-state index in [1.807, 2.05) is 26.0 Å². The van der Waals surface area contributed by atoms with Crippen LogP contribution < -0.4 is 10.2 Å². The molecule has 0 atom stereocenters. The van der Waals surface area contributed by atoms with Crippen LogP contribution in [0.1, 0.15) is 18.1 Å². The van der Waals surface area contributed by atoms with E-state index in [1.165, 1.54) is 11.8 Å². The van der Waals surface area contributed by atoms with Gasteiger partial charge in [0.15, 0.2) is 5.16 Å². The lowest BCUT2D eigenvalue weighted by Gasteiger charge is -2.27. The van der Waals surface area contributed by atoms with E-state index in [-0.39, 0.29) is 5.91 Å². The molecule has 8 heteroatoms. The van der Waals surface area contributed by atoms with Crippen LogP contribution >= 0.6 is 11.8 Å². The highest BCUT2D eigenvalue weighted by Gasteiger charge is 2.20. The zero-order valence-corrected chi connectivity index (χ0v) is 16.3. The number of benzene rings is 1. The van der Waals surface area contributed by atoms with E-state index in [4.69, 9.17) is 4.74 Å². The van der Waals surface area contributed by atoms with E-state index in [0.29, 0.717) is 19.0 Å². The number of thioether (sulfide) groups is 1. The van der Waals surface area contributed by atoms with Gasteiger partial charge in [-0.05, 0) is 44.0 Å². The molecule has 3 rings (SSSR count). The predicted octanol–water partition coefficient (Wildman–Crippen LogP) is 2.48. The summed E-state index contributed by atoms with van der Waals surface area (Å²) in [6.45, 7) is 9.91. The molecule has 2 aromatic rings. The molecule has 140 valence electrons. The van der Waals surface area contributed by atoms with E-state index < -0.39 is 0 Å². The van der Waals surface area contributed by atoms with Crippen molar-refractivity contribution < 1.29 is 9.53 Å². The fraction of sp³-hybridized carbons (Fsp3) is 0.500.